The van der Waals surface area contributed by atoms with Crippen LogP contribution in [-0.4, -0.2) is 0 Å². The molecule has 16 aromatic carbocycles. The van der Waals surface area contributed by atoms with E-state index in [9.17, 15) is 0 Å². The Bertz CT molecular complexity index is 5270. The smallest absolute Gasteiger partial charge is 0.0543 e. The molecule has 0 saturated heterocycles. The maximum Gasteiger partial charge on any atom is 0.0543 e. The molecule has 504 valence electrons. The number of hydrogen-bond acceptors (Lipinski definition) is 4. The van der Waals surface area contributed by atoms with Gasteiger partial charge in [0.2, 0.25) is 0 Å². The molecular weight excluding hydrogens is 1230 g/mol. The summed E-state index contributed by atoms with van der Waals surface area (Å²) in [6.45, 7) is 31.4. The second kappa shape index (κ2) is 27.4. The van der Waals surface area contributed by atoms with Crippen molar-refractivity contribution in [3.63, 3.8) is 0 Å². The van der Waals surface area contributed by atoms with Gasteiger partial charge < -0.3 is 19.6 Å². The molecule has 102 heavy (non-hydrogen) atoms. The van der Waals surface area contributed by atoms with Gasteiger partial charge in [0, 0.05) is 67.0 Å². The van der Waals surface area contributed by atoms with E-state index in [-0.39, 0.29) is 0 Å². The molecule has 16 aromatic rings. The average molecular weight is 1330 g/mol. The second-order valence-electron chi connectivity index (χ2n) is 29.8. The normalized spacial score (nSPS) is 11.8. The van der Waals surface area contributed by atoms with Crippen molar-refractivity contribution in [3.8, 4) is 0 Å². The molecule has 0 heterocycles. The minimum atomic E-state index is 0.334. The van der Waals surface area contributed by atoms with E-state index in [0.29, 0.717) is 23.7 Å². The maximum atomic E-state index is 2.48. The van der Waals surface area contributed by atoms with Crippen LogP contribution >= 0.6 is 0 Å². The Morgan fingerprint density at radius 2 is 0.461 bits per heavy atom. The van der Waals surface area contributed by atoms with Crippen LogP contribution < -0.4 is 19.6 Å². The van der Waals surface area contributed by atoms with Crippen LogP contribution in [0.5, 0.6) is 0 Å². The number of benzene rings is 16. The average Bonchev–Trinajstić information content (AvgIpc) is 0.715. The van der Waals surface area contributed by atoms with Crippen molar-refractivity contribution in [2.24, 2.45) is 0 Å². The first-order valence-corrected chi connectivity index (χ1v) is 36.6. The van der Waals surface area contributed by atoms with E-state index < -0.39 is 0 Å². The summed E-state index contributed by atoms with van der Waals surface area (Å²) in [5.41, 5.74) is 27.0. The SMILES string of the molecule is Cc1ccc(N(c2ccc(C(C)C)cc2)c2ccc3ccc4c(N(c5ccc(C)cc5)c5ccc(C(C)C)cc5)ccc5ccc2c3c54)cc1.Cc1cccc(N(c2cccc(C)c2)c2cc(C(C)C)c3ccc4c(N(c5cccc(C)c5)c5cccc(C)c5)cc(C(C)C)c5ccc2c3c54)c1. The molecule has 0 unspecified atom stereocenters. The van der Waals surface area contributed by atoms with Crippen LogP contribution in [0.3, 0.4) is 0 Å². The number of aryl methyl sites for hydroxylation is 6. The van der Waals surface area contributed by atoms with Gasteiger partial charge in [-0.3, -0.25) is 0 Å². The molecule has 0 aliphatic carbocycles. The van der Waals surface area contributed by atoms with Crippen LogP contribution in [0.4, 0.5) is 68.2 Å². The molecule has 0 aliphatic heterocycles. The Hall–Kier alpha value is -11.2. The van der Waals surface area contributed by atoms with E-state index in [1.165, 1.54) is 166 Å². The Morgan fingerprint density at radius 3 is 0.755 bits per heavy atom. The summed E-state index contributed by atoms with van der Waals surface area (Å²) in [6.07, 6.45) is 0. The molecule has 16 rings (SSSR count). The maximum absolute atomic E-state index is 2.48. The fourth-order valence-corrected chi connectivity index (χ4v) is 15.7. The Morgan fingerprint density at radius 1 is 0.196 bits per heavy atom. The molecule has 0 bridgehead atoms. The third kappa shape index (κ3) is 12.4. The van der Waals surface area contributed by atoms with Crippen LogP contribution in [0.1, 0.15) is 135 Å². The molecule has 0 radical (unpaired) electrons. The molecule has 0 fully saturated rings. The lowest BCUT2D eigenvalue weighted by atomic mass is 9.84. The zero-order valence-electron chi connectivity index (χ0n) is 61.7. The van der Waals surface area contributed by atoms with E-state index in [4.69, 9.17) is 0 Å². The number of hydrogen-bond donors (Lipinski definition) is 0. The molecule has 4 heteroatoms. The third-order valence-electron chi connectivity index (χ3n) is 21.0. The summed E-state index contributed by atoms with van der Waals surface area (Å²) >= 11 is 0. The molecule has 0 spiro atoms. The minimum Gasteiger partial charge on any atom is -0.310 e. The highest BCUT2D eigenvalue weighted by Gasteiger charge is 2.28. The zero-order valence-corrected chi connectivity index (χ0v) is 61.7. The van der Waals surface area contributed by atoms with Gasteiger partial charge in [-0.2, -0.15) is 0 Å². The van der Waals surface area contributed by atoms with Gasteiger partial charge in [0.15, 0.2) is 0 Å². The summed E-state index contributed by atoms with van der Waals surface area (Å²) in [4.78, 5) is 9.80. The monoisotopic (exact) mass is 1320 g/mol. The molecule has 0 amide bonds. The van der Waals surface area contributed by atoms with Crippen molar-refractivity contribution in [2.45, 2.75) is 121 Å². The predicted molar refractivity (Wildman–Crippen MR) is 444 cm³/mol. The van der Waals surface area contributed by atoms with Gasteiger partial charge in [0.1, 0.15) is 0 Å². The molecule has 0 N–H and O–H groups in total. The fraction of sp³-hybridized carbons (Fsp3) is 0.184. The first kappa shape index (κ1) is 66.7. The van der Waals surface area contributed by atoms with Crippen molar-refractivity contribution in [2.75, 3.05) is 19.6 Å². The van der Waals surface area contributed by atoms with Crippen LogP contribution in [0.15, 0.2) is 279 Å². The highest BCUT2D eigenvalue weighted by molar-refractivity contribution is 6.30. The minimum absolute atomic E-state index is 0.334. The van der Waals surface area contributed by atoms with Crippen molar-refractivity contribution in [3.05, 3.63) is 335 Å². The van der Waals surface area contributed by atoms with E-state index >= 15 is 0 Å². The molecule has 0 aliphatic rings. The fourth-order valence-electron chi connectivity index (χ4n) is 15.7. The second-order valence-corrected chi connectivity index (χ2v) is 29.8. The van der Waals surface area contributed by atoms with Gasteiger partial charge in [0.25, 0.3) is 0 Å². The zero-order chi connectivity index (χ0) is 70.8. The van der Waals surface area contributed by atoms with Crippen molar-refractivity contribution in [1.29, 1.82) is 0 Å². The lowest BCUT2D eigenvalue weighted by molar-refractivity contribution is 0.866. The molecule has 0 saturated carbocycles. The Balaban J connectivity index is 0.000000165. The van der Waals surface area contributed by atoms with Crippen LogP contribution in [0, 0.1) is 41.5 Å². The van der Waals surface area contributed by atoms with Gasteiger partial charge in [-0.1, -0.05) is 224 Å². The number of nitrogens with zero attached hydrogens (tertiary/aromatic N) is 4. The quantitative estimate of drug-likeness (QED) is 0.0894. The lowest BCUT2D eigenvalue weighted by Gasteiger charge is -2.32. The first-order valence-electron chi connectivity index (χ1n) is 36.6. The molecule has 0 atom stereocenters. The van der Waals surface area contributed by atoms with E-state index in [2.05, 4.69) is 396 Å². The van der Waals surface area contributed by atoms with E-state index in [0.717, 1.165) is 22.7 Å². The Labute approximate surface area is 604 Å². The predicted octanol–water partition coefficient (Wildman–Crippen LogP) is 29.4. The Kier molecular flexibility index (Phi) is 17.9. The molecular formula is C98H92N4. The number of anilines is 12. The highest BCUT2D eigenvalue weighted by Crippen LogP contribution is 2.53. The summed E-state index contributed by atoms with van der Waals surface area (Å²) in [7, 11) is 0. The van der Waals surface area contributed by atoms with Crippen LogP contribution in [0.25, 0.3) is 64.6 Å². The van der Waals surface area contributed by atoms with Gasteiger partial charge in [0.05, 0.1) is 22.7 Å². The van der Waals surface area contributed by atoms with E-state index in [1.807, 2.05) is 0 Å². The van der Waals surface area contributed by atoms with E-state index in [1.54, 1.807) is 0 Å². The first-order chi connectivity index (χ1) is 49.3. The lowest BCUT2D eigenvalue weighted by Crippen LogP contribution is -2.13. The largest absolute Gasteiger partial charge is 0.310 e. The number of rotatable bonds is 16. The van der Waals surface area contributed by atoms with Crippen molar-refractivity contribution in [1.82, 2.24) is 0 Å². The molecule has 0 aromatic heterocycles. The summed E-state index contributed by atoms with van der Waals surface area (Å²) < 4.78 is 0. The van der Waals surface area contributed by atoms with Crippen molar-refractivity contribution >= 4 is 133 Å². The highest BCUT2D eigenvalue weighted by atomic mass is 15.2. The van der Waals surface area contributed by atoms with Gasteiger partial charge in [-0.25, -0.2) is 0 Å². The standard InChI is InChI=1S/C50H48N2.C48H44N2/c1-31(2)45-29-47(51(37-17-9-13-33(5)25-37)38-18-10-14-34(6)26-38)43-24-22-42-46(32(3)4)30-48(44-23-21-41(45)49(43)50(42)44)52(39-19-11-15-35(7)27-39)40-20-12-16-36(8)28-40;1-31(2)35-11-23-41(24-12-35)49(39-19-7-33(5)8-20-39)45-29-17-37-16-28-44-46(30-18-38-15-27-43(45)47(37)48(38)44)50(40-21-9-34(6)10-22-40)42-25-13-36(14-26-42)32(3)4/h9-32H,1-8H3;7-32H,1-6H3. The van der Waals surface area contributed by atoms with Gasteiger partial charge in [-0.05, 0) is 274 Å². The summed E-state index contributed by atoms with van der Waals surface area (Å²) in [5, 5.41) is 15.5. The summed E-state index contributed by atoms with van der Waals surface area (Å²) in [6, 6.07) is 105. The van der Waals surface area contributed by atoms with Crippen LogP contribution in [-0.2, 0) is 0 Å². The summed E-state index contributed by atoms with van der Waals surface area (Å²) in [5.74, 6) is 1.63. The third-order valence-corrected chi connectivity index (χ3v) is 21.0. The van der Waals surface area contributed by atoms with Crippen LogP contribution in [0.2, 0.25) is 0 Å². The van der Waals surface area contributed by atoms with Crippen molar-refractivity contribution < 1.29 is 0 Å². The molecule has 4 nitrogen and oxygen atoms in total. The van der Waals surface area contributed by atoms with Gasteiger partial charge in [-0.15, -0.1) is 0 Å². The topological polar surface area (TPSA) is 13.0 Å². The van der Waals surface area contributed by atoms with Gasteiger partial charge >= 0.3 is 0 Å².